The first-order valence-corrected chi connectivity index (χ1v) is 5.36. The second-order valence-corrected chi connectivity index (χ2v) is 3.85. The van der Waals surface area contributed by atoms with E-state index in [0.717, 1.165) is 23.1 Å². The third-order valence-corrected chi connectivity index (χ3v) is 2.63. The van der Waals surface area contributed by atoms with Crippen molar-refractivity contribution >= 4 is 11.0 Å². The molecule has 2 aromatic rings. The van der Waals surface area contributed by atoms with Crippen LogP contribution in [0.2, 0.25) is 0 Å². The third kappa shape index (κ3) is 2.15. The highest BCUT2D eigenvalue weighted by Crippen LogP contribution is 2.16. The predicted molar refractivity (Wildman–Crippen MR) is 64.4 cm³/mol. The quantitative estimate of drug-likeness (QED) is 0.604. The fraction of sp³-hybridized carbons (Fsp3) is 0.364. The number of benzene rings is 1. The molecule has 0 bridgehead atoms. The lowest BCUT2D eigenvalue weighted by Gasteiger charge is -2.13. The van der Waals surface area contributed by atoms with Crippen molar-refractivity contribution in [3.63, 3.8) is 0 Å². The molecule has 5 nitrogen and oxygen atoms in total. The molecule has 2 rings (SSSR count). The Labute approximate surface area is 93.1 Å². The Morgan fingerprint density at radius 1 is 1.38 bits per heavy atom. The van der Waals surface area contributed by atoms with Gasteiger partial charge in [0.15, 0.2) is 0 Å². The number of fused-ring (bicyclic) bond motifs is 1. The average Bonchev–Trinajstić information content (AvgIpc) is 2.64. The van der Waals surface area contributed by atoms with E-state index in [4.69, 9.17) is 5.73 Å². The van der Waals surface area contributed by atoms with Crippen LogP contribution < -0.4 is 16.7 Å². The van der Waals surface area contributed by atoms with Crippen LogP contribution in [0.15, 0.2) is 23.0 Å². The molecule has 0 aliphatic heterocycles. The minimum Gasteiger partial charge on any atom is -0.329 e. The van der Waals surface area contributed by atoms with Crippen LogP contribution in [0.25, 0.3) is 11.0 Å². The number of H-pyrrole nitrogens is 2. The molecule has 16 heavy (non-hydrogen) atoms. The van der Waals surface area contributed by atoms with E-state index in [1.807, 2.05) is 18.2 Å². The van der Waals surface area contributed by atoms with E-state index in [0.29, 0.717) is 6.54 Å². The molecule has 0 radical (unpaired) electrons. The highest BCUT2D eigenvalue weighted by Gasteiger charge is 2.06. The first-order chi connectivity index (χ1) is 7.70. The van der Waals surface area contributed by atoms with Gasteiger partial charge in [0.05, 0.1) is 11.0 Å². The van der Waals surface area contributed by atoms with Crippen LogP contribution in [-0.4, -0.2) is 23.1 Å². The van der Waals surface area contributed by atoms with Crippen molar-refractivity contribution in [2.24, 2.45) is 5.73 Å². The van der Waals surface area contributed by atoms with Crippen molar-refractivity contribution in [1.82, 2.24) is 15.3 Å². The maximum Gasteiger partial charge on any atom is 0.323 e. The van der Waals surface area contributed by atoms with Crippen molar-refractivity contribution in [3.8, 4) is 0 Å². The molecular formula is C11H16N4O. The number of aromatic nitrogens is 2. The summed E-state index contributed by atoms with van der Waals surface area (Å²) in [5.41, 5.74) is 8.07. The van der Waals surface area contributed by atoms with E-state index in [1.54, 1.807) is 0 Å². The van der Waals surface area contributed by atoms with Gasteiger partial charge in [-0.2, -0.15) is 0 Å². The van der Waals surface area contributed by atoms with Crippen LogP contribution in [0.3, 0.4) is 0 Å². The molecule has 1 heterocycles. The second kappa shape index (κ2) is 4.51. The van der Waals surface area contributed by atoms with Crippen LogP contribution >= 0.6 is 0 Å². The number of nitrogens with two attached hydrogens (primary N) is 1. The van der Waals surface area contributed by atoms with Gasteiger partial charge in [-0.25, -0.2) is 4.79 Å². The Morgan fingerprint density at radius 3 is 2.88 bits per heavy atom. The van der Waals surface area contributed by atoms with Gasteiger partial charge in [0.1, 0.15) is 0 Å². The molecule has 1 aromatic carbocycles. The predicted octanol–water partition coefficient (Wildman–Crippen LogP) is 0.465. The fourth-order valence-corrected chi connectivity index (χ4v) is 1.74. The average molecular weight is 220 g/mol. The number of rotatable bonds is 4. The van der Waals surface area contributed by atoms with Gasteiger partial charge in [-0.15, -0.1) is 0 Å². The Balaban J connectivity index is 2.27. The molecule has 1 atom stereocenters. The van der Waals surface area contributed by atoms with Crippen LogP contribution in [0, 0.1) is 0 Å². The standard InChI is InChI=1S/C11H16N4O/c1-7(13-5-4-12)8-2-3-9-10(6-8)15-11(16)14-9/h2-3,6-7,13H,4-5,12H2,1H3,(H2,14,15,16). The van der Waals surface area contributed by atoms with Gasteiger partial charge < -0.3 is 21.0 Å². The smallest absolute Gasteiger partial charge is 0.323 e. The molecule has 0 spiro atoms. The molecule has 0 aliphatic rings. The Bertz CT molecular complexity index is 528. The van der Waals surface area contributed by atoms with Crippen molar-refractivity contribution in [3.05, 3.63) is 34.2 Å². The zero-order valence-electron chi connectivity index (χ0n) is 9.21. The topological polar surface area (TPSA) is 86.7 Å². The van der Waals surface area contributed by atoms with Gasteiger partial charge in [-0.3, -0.25) is 0 Å². The minimum atomic E-state index is -0.172. The molecule has 5 heteroatoms. The summed E-state index contributed by atoms with van der Waals surface area (Å²) in [6.07, 6.45) is 0. The molecule has 1 unspecified atom stereocenters. The zero-order chi connectivity index (χ0) is 11.5. The molecule has 0 amide bonds. The van der Waals surface area contributed by atoms with Crippen molar-refractivity contribution < 1.29 is 0 Å². The summed E-state index contributed by atoms with van der Waals surface area (Å²) in [4.78, 5) is 16.6. The van der Waals surface area contributed by atoms with Gasteiger partial charge in [-0.1, -0.05) is 6.07 Å². The molecular weight excluding hydrogens is 204 g/mol. The minimum absolute atomic E-state index is 0.172. The lowest BCUT2D eigenvalue weighted by molar-refractivity contribution is 0.583. The summed E-state index contributed by atoms with van der Waals surface area (Å²) in [7, 11) is 0. The van der Waals surface area contributed by atoms with E-state index >= 15 is 0 Å². The van der Waals surface area contributed by atoms with Crippen molar-refractivity contribution in [2.75, 3.05) is 13.1 Å². The normalized spacial score (nSPS) is 13.1. The van der Waals surface area contributed by atoms with Gasteiger partial charge in [0.2, 0.25) is 0 Å². The summed E-state index contributed by atoms with van der Waals surface area (Å²) < 4.78 is 0. The van der Waals surface area contributed by atoms with Crippen LogP contribution in [0.5, 0.6) is 0 Å². The summed E-state index contributed by atoms with van der Waals surface area (Å²) >= 11 is 0. The second-order valence-electron chi connectivity index (χ2n) is 3.85. The van der Waals surface area contributed by atoms with Gasteiger partial charge in [0.25, 0.3) is 0 Å². The fourth-order valence-electron chi connectivity index (χ4n) is 1.74. The van der Waals surface area contributed by atoms with Gasteiger partial charge in [0, 0.05) is 19.1 Å². The first kappa shape index (κ1) is 10.9. The van der Waals surface area contributed by atoms with Crippen molar-refractivity contribution in [1.29, 1.82) is 0 Å². The number of imidazole rings is 1. The maximum atomic E-state index is 11.1. The number of hydrogen-bond acceptors (Lipinski definition) is 3. The van der Waals surface area contributed by atoms with E-state index in [1.165, 1.54) is 0 Å². The first-order valence-electron chi connectivity index (χ1n) is 5.36. The highest BCUT2D eigenvalue weighted by atomic mass is 16.1. The molecule has 0 saturated heterocycles. The van der Waals surface area contributed by atoms with Crippen molar-refractivity contribution in [2.45, 2.75) is 13.0 Å². The SMILES string of the molecule is CC(NCCN)c1ccc2[nH]c(=O)[nH]c2c1. The van der Waals surface area contributed by atoms with Crippen LogP contribution in [-0.2, 0) is 0 Å². The Morgan fingerprint density at radius 2 is 2.12 bits per heavy atom. The van der Waals surface area contributed by atoms with E-state index < -0.39 is 0 Å². The highest BCUT2D eigenvalue weighted by molar-refractivity contribution is 5.75. The largest absolute Gasteiger partial charge is 0.329 e. The van der Waals surface area contributed by atoms with Crippen LogP contribution in [0.1, 0.15) is 18.5 Å². The molecule has 1 aromatic heterocycles. The van der Waals surface area contributed by atoms with E-state index in [-0.39, 0.29) is 11.7 Å². The van der Waals surface area contributed by atoms with E-state index in [2.05, 4.69) is 22.2 Å². The molecule has 0 fully saturated rings. The van der Waals surface area contributed by atoms with Crippen LogP contribution in [0.4, 0.5) is 0 Å². The Kier molecular flexibility index (Phi) is 3.07. The third-order valence-electron chi connectivity index (χ3n) is 2.63. The molecule has 5 N–H and O–H groups in total. The monoisotopic (exact) mass is 220 g/mol. The Hall–Kier alpha value is -1.59. The molecule has 86 valence electrons. The zero-order valence-corrected chi connectivity index (χ0v) is 9.21. The lowest BCUT2D eigenvalue weighted by atomic mass is 10.1. The van der Waals surface area contributed by atoms with Gasteiger partial charge in [-0.05, 0) is 24.6 Å². The maximum absolute atomic E-state index is 11.1. The van der Waals surface area contributed by atoms with Gasteiger partial charge >= 0.3 is 5.69 Å². The molecule has 0 aliphatic carbocycles. The summed E-state index contributed by atoms with van der Waals surface area (Å²) in [5.74, 6) is 0. The number of aromatic amines is 2. The summed E-state index contributed by atoms with van der Waals surface area (Å²) in [5, 5.41) is 3.29. The lowest BCUT2D eigenvalue weighted by Crippen LogP contribution is -2.25. The number of nitrogens with one attached hydrogen (secondary N) is 3. The summed E-state index contributed by atoms with van der Waals surface area (Å²) in [6.45, 7) is 3.47. The molecule has 0 saturated carbocycles. The number of hydrogen-bond donors (Lipinski definition) is 4. The summed E-state index contributed by atoms with van der Waals surface area (Å²) in [6, 6.07) is 6.11. The van der Waals surface area contributed by atoms with E-state index in [9.17, 15) is 4.79 Å².